The lowest BCUT2D eigenvalue weighted by Gasteiger charge is -2.34. The topological polar surface area (TPSA) is 37.4 Å². The number of thiophene rings is 1. The molecule has 3 rings (SSSR count). The fourth-order valence-corrected chi connectivity index (χ4v) is 6.36. The van der Waals surface area contributed by atoms with E-state index in [1.54, 1.807) is 16.4 Å². The summed E-state index contributed by atoms with van der Waals surface area (Å²) < 4.78 is 28.3. The maximum absolute atomic E-state index is 12.5. The Balaban J connectivity index is 1.67. The number of halogens is 1. The molecule has 0 spiro atoms. The van der Waals surface area contributed by atoms with E-state index in [9.17, 15) is 8.42 Å². The molecule has 6 heteroatoms. The molecule has 1 atom stereocenters. The molecular weight excluding hydrogens is 370 g/mol. The molecule has 0 saturated carbocycles. The van der Waals surface area contributed by atoms with Gasteiger partial charge < -0.3 is 0 Å². The molecule has 1 aliphatic carbocycles. The Bertz CT molecular complexity index is 641. The molecule has 2 heterocycles. The van der Waals surface area contributed by atoms with Crippen molar-refractivity contribution in [1.29, 1.82) is 0 Å². The average molecular weight is 388 g/mol. The van der Waals surface area contributed by atoms with Gasteiger partial charge in [-0.3, -0.25) is 0 Å². The minimum Gasteiger partial charge on any atom is -0.206 e. The van der Waals surface area contributed by atoms with E-state index in [4.69, 9.17) is 0 Å². The first-order valence-electron chi connectivity index (χ1n) is 7.15. The molecule has 1 aliphatic heterocycles. The molecule has 1 saturated heterocycles. The van der Waals surface area contributed by atoms with Crippen LogP contribution in [0.15, 0.2) is 44.4 Å². The molecule has 1 fully saturated rings. The van der Waals surface area contributed by atoms with Crippen LogP contribution >= 0.6 is 27.3 Å². The summed E-state index contributed by atoms with van der Waals surface area (Å²) in [6, 6.07) is 3.48. The Morgan fingerprint density at radius 1 is 1.29 bits per heavy atom. The Hall–Kier alpha value is -0.430. The van der Waals surface area contributed by atoms with E-state index >= 15 is 0 Å². The van der Waals surface area contributed by atoms with Crippen molar-refractivity contribution >= 4 is 37.3 Å². The van der Waals surface area contributed by atoms with Crippen molar-refractivity contribution in [3.8, 4) is 0 Å². The maximum Gasteiger partial charge on any atom is 0.252 e. The van der Waals surface area contributed by atoms with Gasteiger partial charge in [0.05, 0.1) is 0 Å². The largest absolute Gasteiger partial charge is 0.252 e. The third-order valence-corrected chi connectivity index (χ3v) is 8.33. The van der Waals surface area contributed by atoms with Crippen molar-refractivity contribution in [2.75, 3.05) is 13.1 Å². The molecule has 21 heavy (non-hydrogen) atoms. The van der Waals surface area contributed by atoms with Gasteiger partial charge in [-0.2, -0.15) is 4.31 Å². The molecule has 0 radical (unpaired) electrons. The number of sulfonamides is 1. The van der Waals surface area contributed by atoms with Gasteiger partial charge in [0.2, 0.25) is 0 Å². The third kappa shape index (κ3) is 3.18. The van der Waals surface area contributed by atoms with Gasteiger partial charge in [-0.25, -0.2) is 8.42 Å². The molecule has 114 valence electrons. The lowest BCUT2D eigenvalue weighted by molar-refractivity contribution is 0.249. The van der Waals surface area contributed by atoms with Gasteiger partial charge in [-0.05, 0) is 41.1 Å². The zero-order valence-corrected chi connectivity index (χ0v) is 14.8. The minimum atomic E-state index is -3.28. The molecule has 1 unspecified atom stereocenters. The number of hydrogen-bond donors (Lipinski definition) is 0. The SMILES string of the molecule is O=S(=O)(c1cccs1)N1CCC(C2C=CCC=C2Br)CC1. The second kappa shape index (κ2) is 6.36. The van der Waals surface area contributed by atoms with Crippen LogP contribution in [-0.2, 0) is 10.0 Å². The molecule has 0 amide bonds. The fourth-order valence-electron chi connectivity index (χ4n) is 3.03. The number of hydrogen-bond acceptors (Lipinski definition) is 3. The van der Waals surface area contributed by atoms with Gasteiger partial charge in [0.1, 0.15) is 4.21 Å². The average Bonchev–Trinajstić information content (AvgIpc) is 3.03. The zero-order chi connectivity index (χ0) is 14.9. The van der Waals surface area contributed by atoms with Gasteiger partial charge in [-0.1, -0.05) is 40.2 Å². The summed E-state index contributed by atoms with van der Waals surface area (Å²) in [6.07, 6.45) is 9.50. The summed E-state index contributed by atoms with van der Waals surface area (Å²) >= 11 is 4.95. The van der Waals surface area contributed by atoms with Crippen LogP contribution in [0.1, 0.15) is 19.3 Å². The van der Waals surface area contributed by atoms with Crippen molar-refractivity contribution in [3.63, 3.8) is 0 Å². The molecular formula is C15H18BrNO2S2. The van der Waals surface area contributed by atoms with Crippen molar-refractivity contribution < 1.29 is 8.42 Å². The zero-order valence-electron chi connectivity index (χ0n) is 11.6. The van der Waals surface area contributed by atoms with Crippen LogP contribution in [-0.4, -0.2) is 25.8 Å². The first-order chi connectivity index (χ1) is 10.1. The minimum absolute atomic E-state index is 0.422. The highest BCUT2D eigenvalue weighted by Crippen LogP contribution is 2.37. The van der Waals surface area contributed by atoms with Crippen molar-refractivity contribution in [2.24, 2.45) is 11.8 Å². The van der Waals surface area contributed by atoms with Crippen LogP contribution in [0.2, 0.25) is 0 Å². The highest BCUT2D eigenvalue weighted by Gasteiger charge is 2.33. The van der Waals surface area contributed by atoms with E-state index in [1.807, 2.05) is 5.38 Å². The van der Waals surface area contributed by atoms with E-state index in [0.717, 1.165) is 19.3 Å². The van der Waals surface area contributed by atoms with Gasteiger partial charge in [-0.15, -0.1) is 11.3 Å². The molecule has 1 aromatic heterocycles. The summed E-state index contributed by atoms with van der Waals surface area (Å²) in [4.78, 5) is 0. The third-order valence-electron chi connectivity index (χ3n) is 4.21. The standard InChI is InChI=1S/C15H18BrNO2S2/c16-14-5-2-1-4-13(14)12-7-9-17(10-8-12)21(18,19)15-6-3-11-20-15/h1,3-6,11-13H,2,7-10H2. The molecule has 0 bridgehead atoms. The summed E-state index contributed by atoms with van der Waals surface area (Å²) in [5.74, 6) is 0.951. The molecule has 0 N–H and O–H groups in total. The number of allylic oxidation sites excluding steroid dienone is 4. The van der Waals surface area contributed by atoms with E-state index in [1.165, 1.54) is 15.8 Å². The second-order valence-electron chi connectivity index (χ2n) is 5.45. The number of piperidine rings is 1. The summed E-state index contributed by atoms with van der Waals surface area (Å²) in [7, 11) is -3.28. The van der Waals surface area contributed by atoms with E-state index in [2.05, 4.69) is 34.2 Å². The fraction of sp³-hybridized carbons (Fsp3) is 0.467. The predicted molar refractivity (Wildman–Crippen MR) is 90.1 cm³/mol. The van der Waals surface area contributed by atoms with Crippen LogP contribution in [0.25, 0.3) is 0 Å². The monoisotopic (exact) mass is 387 g/mol. The normalized spacial score (nSPS) is 25.0. The van der Waals surface area contributed by atoms with Gasteiger partial charge in [0.25, 0.3) is 10.0 Å². The lowest BCUT2D eigenvalue weighted by Crippen LogP contribution is -2.39. The quantitative estimate of drug-likeness (QED) is 0.734. The highest BCUT2D eigenvalue weighted by atomic mass is 79.9. The van der Waals surface area contributed by atoms with E-state index in [-0.39, 0.29) is 0 Å². The van der Waals surface area contributed by atoms with Crippen LogP contribution in [0, 0.1) is 11.8 Å². The van der Waals surface area contributed by atoms with Crippen molar-refractivity contribution in [2.45, 2.75) is 23.5 Å². The van der Waals surface area contributed by atoms with Gasteiger partial charge in [0.15, 0.2) is 0 Å². The lowest BCUT2D eigenvalue weighted by atomic mass is 9.83. The Morgan fingerprint density at radius 2 is 2.05 bits per heavy atom. The summed E-state index contributed by atoms with van der Waals surface area (Å²) in [6.45, 7) is 1.24. The Kier molecular flexibility index (Phi) is 4.69. The molecule has 0 aromatic carbocycles. The first kappa shape index (κ1) is 15.5. The maximum atomic E-state index is 12.5. The molecule has 2 aliphatic rings. The van der Waals surface area contributed by atoms with Crippen LogP contribution in [0.3, 0.4) is 0 Å². The first-order valence-corrected chi connectivity index (χ1v) is 10.3. The summed E-state index contributed by atoms with van der Waals surface area (Å²) in [5.41, 5.74) is 0. The van der Waals surface area contributed by atoms with Crippen molar-refractivity contribution in [1.82, 2.24) is 4.31 Å². The van der Waals surface area contributed by atoms with E-state index < -0.39 is 10.0 Å². The Morgan fingerprint density at radius 3 is 2.67 bits per heavy atom. The number of nitrogens with zero attached hydrogens (tertiary/aromatic N) is 1. The van der Waals surface area contributed by atoms with Crippen LogP contribution < -0.4 is 0 Å². The smallest absolute Gasteiger partial charge is 0.206 e. The molecule has 3 nitrogen and oxygen atoms in total. The Labute approximate surface area is 138 Å². The van der Waals surface area contributed by atoms with Crippen LogP contribution in [0.5, 0.6) is 0 Å². The second-order valence-corrected chi connectivity index (χ2v) is 9.48. The number of rotatable bonds is 3. The van der Waals surface area contributed by atoms with E-state index in [0.29, 0.717) is 29.1 Å². The highest BCUT2D eigenvalue weighted by molar-refractivity contribution is 9.11. The van der Waals surface area contributed by atoms with Gasteiger partial charge in [0, 0.05) is 19.0 Å². The van der Waals surface area contributed by atoms with Crippen molar-refractivity contribution in [3.05, 3.63) is 40.2 Å². The summed E-state index contributed by atoms with van der Waals surface area (Å²) in [5, 5.41) is 1.81. The molecule has 1 aromatic rings. The van der Waals surface area contributed by atoms with Crippen LogP contribution in [0.4, 0.5) is 0 Å². The predicted octanol–water partition coefficient (Wildman–Crippen LogP) is 4.00. The van der Waals surface area contributed by atoms with Gasteiger partial charge >= 0.3 is 0 Å².